The van der Waals surface area contributed by atoms with E-state index in [-0.39, 0.29) is 18.4 Å². The van der Waals surface area contributed by atoms with Crippen LogP contribution in [0.5, 0.6) is 5.75 Å². The second-order valence-corrected chi connectivity index (χ2v) is 6.32. The van der Waals surface area contributed by atoms with Crippen molar-refractivity contribution in [1.82, 2.24) is 15.1 Å². The van der Waals surface area contributed by atoms with Crippen molar-refractivity contribution >= 4 is 17.5 Å². The van der Waals surface area contributed by atoms with Crippen LogP contribution >= 0.6 is 0 Å². The summed E-state index contributed by atoms with van der Waals surface area (Å²) in [7, 11) is 1.66. The van der Waals surface area contributed by atoms with Gasteiger partial charge in [-0.3, -0.25) is 14.5 Å². The molecule has 1 heterocycles. The number of anilines is 1. The summed E-state index contributed by atoms with van der Waals surface area (Å²) in [5.41, 5.74) is 1.17. The highest BCUT2D eigenvalue weighted by molar-refractivity contribution is 5.85. The van der Waals surface area contributed by atoms with Crippen LogP contribution < -0.4 is 15.0 Å². The standard InChI is InChI=1S/C19H30N4O3/c1-4-20-18(24)14-22(5-2)19(25)15-21-10-12-23(13-11-21)16-6-8-17(26-3)9-7-16/h6-9H,4-5,10-15H2,1-3H3,(H,20,24). The number of piperazine rings is 1. The van der Waals surface area contributed by atoms with Crippen molar-refractivity contribution in [2.75, 3.05) is 64.4 Å². The van der Waals surface area contributed by atoms with E-state index in [1.165, 1.54) is 5.69 Å². The lowest BCUT2D eigenvalue weighted by Crippen LogP contribution is -2.51. The fourth-order valence-corrected chi connectivity index (χ4v) is 3.05. The van der Waals surface area contributed by atoms with Crippen LogP contribution in [0.1, 0.15) is 13.8 Å². The van der Waals surface area contributed by atoms with E-state index < -0.39 is 0 Å². The Bertz CT molecular complexity index is 583. The molecule has 0 radical (unpaired) electrons. The van der Waals surface area contributed by atoms with Gasteiger partial charge in [0.25, 0.3) is 0 Å². The van der Waals surface area contributed by atoms with Crippen molar-refractivity contribution in [1.29, 1.82) is 0 Å². The van der Waals surface area contributed by atoms with E-state index in [0.29, 0.717) is 19.6 Å². The highest BCUT2D eigenvalue weighted by Crippen LogP contribution is 2.20. The lowest BCUT2D eigenvalue weighted by atomic mass is 10.2. The Morgan fingerprint density at radius 2 is 1.77 bits per heavy atom. The smallest absolute Gasteiger partial charge is 0.239 e. The Balaban J connectivity index is 1.81. The molecule has 0 aromatic heterocycles. The Morgan fingerprint density at radius 1 is 1.12 bits per heavy atom. The second-order valence-electron chi connectivity index (χ2n) is 6.32. The van der Waals surface area contributed by atoms with Crippen molar-refractivity contribution in [3.8, 4) is 5.75 Å². The number of ether oxygens (including phenoxy) is 1. The monoisotopic (exact) mass is 362 g/mol. The average Bonchev–Trinajstić information content (AvgIpc) is 2.67. The van der Waals surface area contributed by atoms with Crippen LogP contribution in [0.4, 0.5) is 5.69 Å². The molecule has 0 atom stereocenters. The van der Waals surface area contributed by atoms with Gasteiger partial charge in [-0.05, 0) is 38.1 Å². The summed E-state index contributed by atoms with van der Waals surface area (Å²) < 4.78 is 5.20. The highest BCUT2D eigenvalue weighted by Gasteiger charge is 2.22. The quantitative estimate of drug-likeness (QED) is 0.741. The lowest BCUT2D eigenvalue weighted by Gasteiger charge is -2.36. The number of amides is 2. The summed E-state index contributed by atoms with van der Waals surface area (Å²) in [4.78, 5) is 30.3. The van der Waals surface area contributed by atoms with Gasteiger partial charge < -0.3 is 19.9 Å². The van der Waals surface area contributed by atoms with E-state index >= 15 is 0 Å². The minimum atomic E-state index is -0.105. The van der Waals surface area contributed by atoms with Crippen LogP contribution in [0.3, 0.4) is 0 Å². The molecule has 1 N–H and O–H groups in total. The molecule has 26 heavy (non-hydrogen) atoms. The van der Waals surface area contributed by atoms with Crippen LogP contribution in [0, 0.1) is 0 Å². The SMILES string of the molecule is CCNC(=O)CN(CC)C(=O)CN1CCN(c2ccc(OC)cc2)CC1. The predicted octanol–water partition coefficient (Wildman–Crippen LogP) is 0.802. The molecule has 144 valence electrons. The molecule has 1 aliphatic rings. The van der Waals surface area contributed by atoms with Gasteiger partial charge in [-0.25, -0.2) is 0 Å². The molecule has 0 bridgehead atoms. The summed E-state index contributed by atoms with van der Waals surface area (Å²) in [6.45, 7) is 8.81. The molecule has 2 rings (SSSR count). The highest BCUT2D eigenvalue weighted by atomic mass is 16.5. The summed E-state index contributed by atoms with van der Waals surface area (Å²) in [6.07, 6.45) is 0. The molecule has 0 aliphatic carbocycles. The minimum Gasteiger partial charge on any atom is -0.497 e. The molecule has 0 unspecified atom stereocenters. The maximum atomic E-state index is 12.5. The van der Waals surface area contributed by atoms with Crippen LogP contribution in [-0.2, 0) is 9.59 Å². The molecule has 0 spiro atoms. The summed E-state index contributed by atoms with van der Waals surface area (Å²) in [5.74, 6) is 0.758. The van der Waals surface area contributed by atoms with Gasteiger partial charge in [0.1, 0.15) is 5.75 Å². The molecule has 7 nitrogen and oxygen atoms in total. The number of hydrogen-bond acceptors (Lipinski definition) is 5. The Morgan fingerprint density at radius 3 is 2.31 bits per heavy atom. The molecule has 0 saturated carbocycles. The van der Waals surface area contributed by atoms with E-state index in [2.05, 4.69) is 27.2 Å². The van der Waals surface area contributed by atoms with Crippen molar-refractivity contribution in [3.63, 3.8) is 0 Å². The number of benzene rings is 1. The van der Waals surface area contributed by atoms with E-state index in [9.17, 15) is 9.59 Å². The molecule has 7 heteroatoms. The van der Waals surface area contributed by atoms with Gasteiger partial charge in [0, 0.05) is 45.0 Å². The first-order chi connectivity index (χ1) is 12.6. The maximum Gasteiger partial charge on any atom is 0.239 e. The van der Waals surface area contributed by atoms with Crippen LogP contribution in [-0.4, -0.2) is 81.1 Å². The number of hydrogen-bond donors (Lipinski definition) is 1. The van der Waals surface area contributed by atoms with Crippen molar-refractivity contribution in [3.05, 3.63) is 24.3 Å². The van der Waals surface area contributed by atoms with Crippen LogP contribution in [0.15, 0.2) is 24.3 Å². The third kappa shape index (κ3) is 5.62. The normalized spacial score (nSPS) is 14.8. The van der Waals surface area contributed by atoms with Crippen LogP contribution in [0.2, 0.25) is 0 Å². The predicted molar refractivity (Wildman–Crippen MR) is 103 cm³/mol. The number of rotatable bonds is 8. The first kappa shape index (κ1) is 20.0. The summed E-state index contributed by atoms with van der Waals surface area (Å²) in [6, 6.07) is 8.05. The van der Waals surface area contributed by atoms with E-state index in [4.69, 9.17) is 4.74 Å². The number of likely N-dealkylation sites (N-methyl/N-ethyl adjacent to an activating group) is 2. The molecule has 1 aromatic carbocycles. The molecule has 1 fully saturated rings. The van der Waals surface area contributed by atoms with Gasteiger partial charge in [-0.1, -0.05) is 0 Å². The first-order valence-electron chi connectivity index (χ1n) is 9.23. The zero-order valence-electron chi connectivity index (χ0n) is 16.0. The fourth-order valence-electron chi connectivity index (χ4n) is 3.05. The topological polar surface area (TPSA) is 65.1 Å². The molecular weight excluding hydrogens is 332 g/mol. The largest absolute Gasteiger partial charge is 0.497 e. The summed E-state index contributed by atoms with van der Waals surface area (Å²) >= 11 is 0. The number of carbonyl (C=O) groups excluding carboxylic acids is 2. The first-order valence-corrected chi connectivity index (χ1v) is 9.23. The van der Waals surface area contributed by atoms with Gasteiger partial charge in [0.2, 0.25) is 11.8 Å². The number of methoxy groups -OCH3 is 1. The lowest BCUT2D eigenvalue weighted by molar-refractivity contribution is -0.136. The average molecular weight is 362 g/mol. The van der Waals surface area contributed by atoms with Crippen molar-refractivity contribution in [2.45, 2.75) is 13.8 Å². The van der Waals surface area contributed by atoms with Crippen molar-refractivity contribution < 1.29 is 14.3 Å². The summed E-state index contributed by atoms with van der Waals surface area (Å²) in [5, 5.41) is 2.74. The van der Waals surface area contributed by atoms with Gasteiger partial charge in [0.05, 0.1) is 20.2 Å². The molecule has 1 aromatic rings. The molecule has 1 aliphatic heterocycles. The zero-order chi connectivity index (χ0) is 18.9. The van der Waals surface area contributed by atoms with E-state index in [1.54, 1.807) is 12.0 Å². The van der Waals surface area contributed by atoms with Gasteiger partial charge >= 0.3 is 0 Å². The van der Waals surface area contributed by atoms with Crippen LogP contribution in [0.25, 0.3) is 0 Å². The third-order valence-electron chi connectivity index (χ3n) is 4.61. The number of nitrogens with zero attached hydrogens (tertiary/aromatic N) is 3. The maximum absolute atomic E-state index is 12.5. The van der Waals surface area contributed by atoms with Crippen molar-refractivity contribution in [2.24, 2.45) is 0 Å². The number of nitrogens with one attached hydrogen (secondary N) is 1. The zero-order valence-corrected chi connectivity index (χ0v) is 16.0. The third-order valence-corrected chi connectivity index (χ3v) is 4.61. The Kier molecular flexibility index (Phi) is 7.72. The van der Waals surface area contributed by atoms with Gasteiger partial charge in [-0.2, -0.15) is 0 Å². The van der Waals surface area contributed by atoms with E-state index in [1.807, 2.05) is 26.0 Å². The minimum absolute atomic E-state index is 0.0108. The number of carbonyl (C=O) groups is 2. The van der Waals surface area contributed by atoms with Gasteiger partial charge in [0.15, 0.2) is 0 Å². The fraction of sp³-hybridized carbons (Fsp3) is 0.579. The molecular formula is C19H30N4O3. The molecule has 2 amide bonds. The van der Waals surface area contributed by atoms with E-state index in [0.717, 1.165) is 31.9 Å². The Labute approximate surface area is 155 Å². The molecule has 1 saturated heterocycles. The van der Waals surface area contributed by atoms with Gasteiger partial charge in [-0.15, -0.1) is 0 Å². The second kappa shape index (κ2) is 10.0. The Hall–Kier alpha value is -2.28.